The van der Waals surface area contributed by atoms with Crippen molar-refractivity contribution in [3.05, 3.63) is 30.1 Å². The van der Waals surface area contributed by atoms with Crippen LogP contribution in [0.4, 0.5) is 10.1 Å². The Kier molecular flexibility index (Phi) is 4.59. The van der Waals surface area contributed by atoms with Gasteiger partial charge in [-0.2, -0.15) is 0 Å². The van der Waals surface area contributed by atoms with Gasteiger partial charge < -0.3 is 10.6 Å². The highest BCUT2D eigenvalue weighted by Crippen LogP contribution is 2.32. The van der Waals surface area contributed by atoms with E-state index in [1.54, 1.807) is 0 Å². The van der Waals surface area contributed by atoms with Crippen LogP contribution in [0.1, 0.15) is 32.6 Å². The quantitative estimate of drug-likeness (QED) is 0.869. The van der Waals surface area contributed by atoms with Crippen LogP contribution in [0.5, 0.6) is 0 Å². The molecular formula is C15H23FN2. The molecule has 1 atom stereocenters. The number of hydrogen-bond donors (Lipinski definition) is 1. The van der Waals surface area contributed by atoms with E-state index >= 15 is 0 Å². The Balaban J connectivity index is 2.17. The van der Waals surface area contributed by atoms with Gasteiger partial charge in [0.15, 0.2) is 0 Å². The molecule has 1 saturated carbocycles. The Bertz CT molecular complexity index is 357. The van der Waals surface area contributed by atoms with Crippen molar-refractivity contribution in [3.8, 4) is 0 Å². The molecule has 0 aromatic heterocycles. The highest BCUT2D eigenvalue weighted by molar-refractivity contribution is 5.47. The number of hydrogen-bond acceptors (Lipinski definition) is 2. The lowest BCUT2D eigenvalue weighted by atomic mass is 9.96. The van der Waals surface area contributed by atoms with Crippen molar-refractivity contribution in [1.82, 2.24) is 0 Å². The minimum atomic E-state index is -0.181. The summed E-state index contributed by atoms with van der Waals surface area (Å²) in [5, 5.41) is 0. The predicted octanol–water partition coefficient (Wildman–Crippen LogP) is 3.17. The molecule has 2 rings (SSSR count). The molecule has 18 heavy (non-hydrogen) atoms. The third kappa shape index (κ3) is 2.83. The van der Waals surface area contributed by atoms with Crippen LogP contribution in [0, 0.1) is 11.7 Å². The summed E-state index contributed by atoms with van der Waals surface area (Å²) in [5.41, 5.74) is 7.07. The van der Waals surface area contributed by atoms with E-state index in [9.17, 15) is 4.39 Å². The monoisotopic (exact) mass is 250 g/mol. The number of likely N-dealkylation sites (N-methyl/N-ethyl adjacent to an activating group) is 1. The number of nitrogens with two attached hydrogens (primary N) is 1. The number of halogens is 1. The molecule has 2 N–H and O–H groups in total. The lowest BCUT2D eigenvalue weighted by Gasteiger charge is -2.36. The molecule has 100 valence electrons. The lowest BCUT2D eigenvalue weighted by molar-refractivity contribution is 0.412. The van der Waals surface area contributed by atoms with E-state index in [4.69, 9.17) is 5.73 Å². The van der Waals surface area contributed by atoms with Crippen molar-refractivity contribution in [2.24, 2.45) is 11.7 Å². The molecule has 2 nitrogen and oxygen atoms in total. The second-order valence-electron chi connectivity index (χ2n) is 5.11. The second kappa shape index (κ2) is 6.19. The van der Waals surface area contributed by atoms with Gasteiger partial charge in [-0.1, -0.05) is 12.8 Å². The molecular weight excluding hydrogens is 227 g/mol. The Labute approximate surface area is 109 Å². The van der Waals surface area contributed by atoms with Crippen molar-refractivity contribution in [3.63, 3.8) is 0 Å². The Hall–Kier alpha value is -1.09. The molecule has 1 aliphatic carbocycles. The summed E-state index contributed by atoms with van der Waals surface area (Å²) in [6.45, 7) is 3.74. The SMILES string of the molecule is CCN(c1ccc(F)cc1)C(CN)C1CCCC1. The van der Waals surface area contributed by atoms with Gasteiger partial charge in [-0.05, 0) is 49.9 Å². The number of benzene rings is 1. The number of rotatable bonds is 5. The summed E-state index contributed by atoms with van der Waals surface area (Å²) in [6.07, 6.45) is 5.20. The van der Waals surface area contributed by atoms with Gasteiger partial charge in [0.2, 0.25) is 0 Å². The maximum Gasteiger partial charge on any atom is 0.123 e. The van der Waals surface area contributed by atoms with Crippen LogP contribution in [-0.2, 0) is 0 Å². The van der Waals surface area contributed by atoms with Crippen molar-refractivity contribution in [1.29, 1.82) is 0 Å². The number of anilines is 1. The molecule has 1 aromatic carbocycles. The van der Waals surface area contributed by atoms with E-state index in [-0.39, 0.29) is 5.82 Å². The van der Waals surface area contributed by atoms with Crippen LogP contribution >= 0.6 is 0 Å². The Morgan fingerprint density at radius 3 is 2.39 bits per heavy atom. The van der Waals surface area contributed by atoms with E-state index in [1.165, 1.54) is 37.8 Å². The zero-order valence-corrected chi connectivity index (χ0v) is 11.1. The van der Waals surface area contributed by atoms with Crippen LogP contribution in [0.15, 0.2) is 24.3 Å². The molecule has 0 spiro atoms. The van der Waals surface area contributed by atoms with E-state index in [0.29, 0.717) is 18.5 Å². The molecule has 0 radical (unpaired) electrons. The van der Waals surface area contributed by atoms with Gasteiger partial charge in [0.1, 0.15) is 5.82 Å². The molecule has 1 aliphatic rings. The van der Waals surface area contributed by atoms with E-state index in [0.717, 1.165) is 12.2 Å². The lowest BCUT2D eigenvalue weighted by Crippen LogP contribution is -2.45. The predicted molar refractivity (Wildman–Crippen MR) is 74.2 cm³/mol. The fraction of sp³-hybridized carbons (Fsp3) is 0.600. The largest absolute Gasteiger partial charge is 0.367 e. The molecule has 3 heteroatoms. The van der Waals surface area contributed by atoms with Crippen LogP contribution < -0.4 is 10.6 Å². The van der Waals surface area contributed by atoms with Gasteiger partial charge in [-0.3, -0.25) is 0 Å². The van der Waals surface area contributed by atoms with Crippen LogP contribution in [0.25, 0.3) is 0 Å². The molecule has 0 bridgehead atoms. The van der Waals surface area contributed by atoms with Gasteiger partial charge in [0.05, 0.1) is 0 Å². The second-order valence-corrected chi connectivity index (χ2v) is 5.11. The highest BCUT2D eigenvalue weighted by atomic mass is 19.1. The zero-order valence-electron chi connectivity index (χ0n) is 11.1. The zero-order chi connectivity index (χ0) is 13.0. The van der Waals surface area contributed by atoms with Gasteiger partial charge in [-0.25, -0.2) is 4.39 Å². The van der Waals surface area contributed by atoms with E-state index in [2.05, 4.69) is 11.8 Å². The van der Waals surface area contributed by atoms with Gasteiger partial charge in [0, 0.05) is 24.8 Å². The van der Waals surface area contributed by atoms with Crippen molar-refractivity contribution in [2.45, 2.75) is 38.6 Å². The summed E-state index contributed by atoms with van der Waals surface area (Å²) in [6, 6.07) is 7.16. The van der Waals surface area contributed by atoms with Crippen LogP contribution in [-0.4, -0.2) is 19.1 Å². The fourth-order valence-corrected chi connectivity index (χ4v) is 3.16. The van der Waals surface area contributed by atoms with Crippen molar-refractivity contribution in [2.75, 3.05) is 18.0 Å². The third-order valence-corrected chi connectivity index (χ3v) is 4.08. The molecule has 0 amide bonds. The minimum Gasteiger partial charge on any atom is -0.367 e. The standard InChI is InChI=1S/C15H23FN2/c1-2-18(14-9-7-13(16)8-10-14)15(11-17)12-5-3-4-6-12/h7-10,12,15H,2-6,11,17H2,1H3. The van der Waals surface area contributed by atoms with Crippen molar-refractivity contribution >= 4 is 5.69 Å². The molecule has 0 saturated heterocycles. The molecule has 1 unspecified atom stereocenters. The van der Waals surface area contributed by atoms with Crippen molar-refractivity contribution < 1.29 is 4.39 Å². The minimum absolute atomic E-state index is 0.181. The average Bonchev–Trinajstić information content (AvgIpc) is 2.91. The molecule has 0 heterocycles. The molecule has 0 aliphatic heterocycles. The first-order chi connectivity index (χ1) is 8.76. The maximum atomic E-state index is 13.0. The first-order valence-corrected chi connectivity index (χ1v) is 6.98. The Morgan fingerprint density at radius 2 is 1.89 bits per heavy atom. The van der Waals surface area contributed by atoms with E-state index < -0.39 is 0 Å². The smallest absolute Gasteiger partial charge is 0.123 e. The van der Waals surface area contributed by atoms with Gasteiger partial charge in [0.25, 0.3) is 0 Å². The fourth-order valence-electron chi connectivity index (χ4n) is 3.16. The van der Waals surface area contributed by atoms with Gasteiger partial charge in [-0.15, -0.1) is 0 Å². The summed E-state index contributed by atoms with van der Waals surface area (Å²) in [5.74, 6) is 0.514. The highest BCUT2D eigenvalue weighted by Gasteiger charge is 2.28. The Morgan fingerprint density at radius 1 is 1.28 bits per heavy atom. The topological polar surface area (TPSA) is 29.3 Å². The van der Waals surface area contributed by atoms with Gasteiger partial charge >= 0.3 is 0 Å². The van der Waals surface area contributed by atoms with E-state index in [1.807, 2.05) is 12.1 Å². The summed E-state index contributed by atoms with van der Waals surface area (Å²) < 4.78 is 13.0. The normalized spacial score (nSPS) is 17.9. The van der Waals surface area contributed by atoms with Crippen LogP contribution in [0.3, 0.4) is 0 Å². The third-order valence-electron chi connectivity index (χ3n) is 4.08. The first kappa shape index (κ1) is 13.3. The first-order valence-electron chi connectivity index (χ1n) is 6.98. The maximum absolute atomic E-state index is 13.0. The molecule has 1 fully saturated rings. The average molecular weight is 250 g/mol. The summed E-state index contributed by atoms with van der Waals surface area (Å²) >= 11 is 0. The number of nitrogens with zero attached hydrogens (tertiary/aromatic N) is 1. The summed E-state index contributed by atoms with van der Waals surface area (Å²) in [4.78, 5) is 2.33. The molecule has 1 aromatic rings. The summed E-state index contributed by atoms with van der Waals surface area (Å²) in [7, 11) is 0. The van der Waals surface area contributed by atoms with Crippen LogP contribution in [0.2, 0.25) is 0 Å².